The number of carboxylic acids is 1. The van der Waals surface area contributed by atoms with Gasteiger partial charge in [-0.15, -0.1) is 0 Å². The van der Waals surface area contributed by atoms with Crippen molar-refractivity contribution in [2.45, 2.75) is 32.7 Å². The molecule has 14 heavy (non-hydrogen) atoms. The van der Waals surface area contributed by atoms with Gasteiger partial charge in [-0.1, -0.05) is 6.92 Å². The Balaban J connectivity index is 3.79. The zero-order valence-corrected chi connectivity index (χ0v) is 9.32. The van der Waals surface area contributed by atoms with Gasteiger partial charge in [0.15, 0.2) is 0 Å². The van der Waals surface area contributed by atoms with Crippen molar-refractivity contribution in [2.24, 2.45) is 0 Å². The van der Waals surface area contributed by atoms with E-state index in [9.17, 15) is 4.79 Å². The molecule has 0 fully saturated rings. The van der Waals surface area contributed by atoms with E-state index in [-0.39, 0.29) is 6.42 Å². The van der Waals surface area contributed by atoms with Crippen molar-refractivity contribution in [1.29, 1.82) is 0 Å². The van der Waals surface area contributed by atoms with Crippen molar-refractivity contribution in [3.8, 4) is 0 Å². The van der Waals surface area contributed by atoms with Crippen LogP contribution in [0.1, 0.15) is 26.7 Å². The first kappa shape index (κ1) is 13.4. The third-order valence-corrected chi connectivity index (χ3v) is 2.38. The average molecular weight is 203 g/mol. The lowest BCUT2D eigenvalue weighted by Gasteiger charge is -2.26. The number of carboxylic acid groups (broad SMARTS) is 1. The number of hydrogen-bond donors (Lipinski definition) is 1. The minimum Gasteiger partial charge on any atom is -0.481 e. The van der Waals surface area contributed by atoms with Crippen LogP contribution in [0.15, 0.2) is 0 Å². The molecular weight excluding hydrogens is 182 g/mol. The van der Waals surface area contributed by atoms with E-state index in [1.54, 1.807) is 7.11 Å². The number of rotatable bonds is 8. The molecule has 0 bridgehead atoms. The molecule has 0 aromatic rings. The van der Waals surface area contributed by atoms with Crippen LogP contribution in [0, 0.1) is 0 Å². The number of ether oxygens (including phenoxy) is 1. The van der Waals surface area contributed by atoms with Crippen molar-refractivity contribution in [2.75, 3.05) is 26.8 Å². The third kappa shape index (κ3) is 5.94. The van der Waals surface area contributed by atoms with E-state index in [0.717, 1.165) is 19.6 Å². The van der Waals surface area contributed by atoms with Gasteiger partial charge in [0.2, 0.25) is 0 Å². The summed E-state index contributed by atoms with van der Waals surface area (Å²) in [5.41, 5.74) is 0. The van der Waals surface area contributed by atoms with Gasteiger partial charge in [-0.3, -0.25) is 4.79 Å². The Bertz CT molecular complexity index is 161. The van der Waals surface area contributed by atoms with Gasteiger partial charge in [0, 0.05) is 26.3 Å². The van der Waals surface area contributed by atoms with Gasteiger partial charge in [0.25, 0.3) is 0 Å². The van der Waals surface area contributed by atoms with Gasteiger partial charge in [0.05, 0.1) is 6.42 Å². The molecule has 0 radical (unpaired) electrons. The maximum absolute atomic E-state index is 10.4. The summed E-state index contributed by atoms with van der Waals surface area (Å²) in [5.74, 6) is -0.734. The molecule has 0 aliphatic rings. The Labute approximate surface area is 85.9 Å². The first-order chi connectivity index (χ1) is 6.61. The van der Waals surface area contributed by atoms with Gasteiger partial charge in [-0.2, -0.15) is 0 Å². The fourth-order valence-electron chi connectivity index (χ4n) is 1.40. The van der Waals surface area contributed by atoms with Crippen molar-refractivity contribution < 1.29 is 14.6 Å². The number of aliphatic carboxylic acids is 1. The van der Waals surface area contributed by atoms with E-state index in [1.807, 2.05) is 6.92 Å². The predicted octanol–water partition coefficient (Wildman–Crippen LogP) is 1.21. The van der Waals surface area contributed by atoms with Crippen molar-refractivity contribution in [1.82, 2.24) is 4.90 Å². The van der Waals surface area contributed by atoms with Crippen molar-refractivity contribution in [3.05, 3.63) is 0 Å². The fourth-order valence-corrected chi connectivity index (χ4v) is 1.40. The van der Waals surface area contributed by atoms with Crippen LogP contribution in [-0.2, 0) is 9.53 Å². The summed E-state index contributed by atoms with van der Waals surface area (Å²) in [4.78, 5) is 12.6. The summed E-state index contributed by atoms with van der Waals surface area (Å²) in [6, 6.07) is 0.388. The molecule has 4 nitrogen and oxygen atoms in total. The van der Waals surface area contributed by atoms with Crippen molar-refractivity contribution >= 4 is 5.97 Å². The second-order valence-electron chi connectivity index (χ2n) is 3.40. The molecule has 1 unspecified atom stereocenters. The highest BCUT2D eigenvalue weighted by molar-refractivity contribution is 5.66. The predicted molar refractivity (Wildman–Crippen MR) is 55.5 cm³/mol. The Morgan fingerprint density at radius 3 is 2.64 bits per heavy atom. The smallest absolute Gasteiger partial charge is 0.304 e. The topological polar surface area (TPSA) is 49.8 Å². The van der Waals surface area contributed by atoms with Crippen LogP contribution in [0.3, 0.4) is 0 Å². The molecule has 0 rings (SSSR count). The summed E-state index contributed by atoms with van der Waals surface area (Å²) in [6.45, 7) is 6.38. The minimum absolute atomic E-state index is 0.213. The lowest BCUT2D eigenvalue weighted by Crippen LogP contribution is -2.35. The maximum Gasteiger partial charge on any atom is 0.304 e. The van der Waals surface area contributed by atoms with Crippen LogP contribution >= 0.6 is 0 Å². The van der Waals surface area contributed by atoms with Crippen LogP contribution in [0.25, 0.3) is 0 Å². The molecular formula is C10H21NO3. The largest absolute Gasteiger partial charge is 0.481 e. The number of methoxy groups -OCH3 is 1. The standard InChI is InChI=1S/C10H21NO3/c1-4-11(7-5-10(12)13)9(2)6-8-14-3/h9H,4-8H2,1-3H3,(H,12,13). The summed E-state index contributed by atoms with van der Waals surface area (Å²) >= 11 is 0. The molecule has 84 valence electrons. The highest BCUT2D eigenvalue weighted by Crippen LogP contribution is 2.04. The minimum atomic E-state index is -0.734. The zero-order valence-electron chi connectivity index (χ0n) is 9.32. The molecule has 0 aromatic heterocycles. The van der Waals surface area contributed by atoms with E-state index in [0.29, 0.717) is 12.6 Å². The van der Waals surface area contributed by atoms with Gasteiger partial charge in [0.1, 0.15) is 0 Å². The second-order valence-corrected chi connectivity index (χ2v) is 3.40. The van der Waals surface area contributed by atoms with E-state index < -0.39 is 5.97 Å². The van der Waals surface area contributed by atoms with Gasteiger partial charge in [-0.25, -0.2) is 0 Å². The fraction of sp³-hybridized carbons (Fsp3) is 0.900. The molecule has 0 aliphatic heterocycles. The molecule has 1 N–H and O–H groups in total. The SMILES string of the molecule is CCN(CCC(=O)O)C(C)CCOC. The Morgan fingerprint density at radius 1 is 1.57 bits per heavy atom. The first-order valence-corrected chi connectivity index (χ1v) is 5.06. The summed E-state index contributed by atoms with van der Waals surface area (Å²) < 4.78 is 4.99. The van der Waals surface area contributed by atoms with Gasteiger partial charge < -0.3 is 14.7 Å². The summed E-state index contributed by atoms with van der Waals surface area (Å²) in [5, 5.41) is 8.56. The monoisotopic (exact) mass is 203 g/mol. The molecule has 0 amide bonds. The van der Waals surface area contributed by atoms with Crippen LogP contribution in [0.2, 0.25) is 0 Å². The van der Waals surface area contributed by atoms with E-state index in [4.69, 9.17) is 9.84 Å². The lowest BCUT2D eigenvalue weighted by molar-refractivity contribution is -0.137. The Morgan fingerprint density at radius 2 is 2.21 bits per heavy atom. The zero-order chi connectivity index (χ0) is 11.0. The molecule has 0 heterocycles. The average Bonchev–Trinajstić information content (AvgIpc) is 2.15. The maximum atomic E-state index is 10.4. The molecule has 0 aliphatic carbocycles. The Kier molecular flexibility index (Phi) is 7.42. The van der Waals surface area contributed by atoms with E-state index in [2.05, 4.69) is 11.8 Å². The molecule has 0 saturated carbocycles. The number of nitrogens with zero attached hydrogens (tertiary/aromatic N) is 1. The molecule has 4 heteroatoms. The van der Waals surface area contributed by atoms with Crippen LogP contribution in [0.5, 0.6) is 0 Å². The number of hydrogen-bond acceptors (Lipinski definition) is 3. The molecule has 0 saturated heterocycles. The highest BCUT2D eigenvalue weighted by atomic mass is 16.5. The normalized spacial score (nSPS) is 13.1. The second kappa shape index (κ2) is 7.76. The van der Waals surface area contributed by atoms with Gasteiger partial charge >= 0.3 is 5.97 Å². The highest BCUT2D eigenvalue weighted by Gasteiger charge is 2.12. The van der Waals surface area contributed by atoms with Crippen LogP contribution in [-0.4, -0.2) is 48.8 Å². The summed E-state index contributed by atoms with van der Waals surface area (Å²) in [6.07, 6.45) is 1.16. The lowest BCUT2D eigenvalue weighted by atomic mass is 10.2. The van der Waals surface area contributed by atoms with Crippen LogP contribution in [0.4, 0.5) is 0 Å². The first-order valence-electron chi connectivity index (χ1n) is 5.06. The molecule has 0 aromatic carbocycles. The Hall–Kier alpha value is -0.610. The van der Waals surface area contributed by atoms with Crippen molar-refractivity contribution in [3.63, 3.8) is 0 Å². The third-order valence-electron chi connectivity index (χ3n) is 2.38. The molecule has 1 atom stereocenters. The number of carbonyl (C=O) groups is 1. The van der Waals surface area contributed by atoms with Gasteiger partial charge in [-0.05, 0) is 19.9 Å². The molecule has 0 spiro atoms. The quantitative estimate of drug-likeness (QED) is 0.644. The summed E-state index contributed by atoms with van der Waals surface area (Å²) in [7, 11) is 1.68. The van der Waals surface area contributed by atoms with E-state index in [1.165, 1.54) is 0 Å². The van der Waals surface area contributed by atoms with E-state index >= 15 is 0 Å². The van der Waals surface area contributed by atoms with Crippen LogP contribution < -0.4 is 0 Å².